The molecule has 5 heteroatoms. The fourth-order valence-corrected chi connectivity index (χ4v) is 3.33. The minimum absolute atomic E-state index is 0.0139. The number of carbonyl (C=O) groups is 1. The Balaban J connectivity index is 1.54. The summed E-state index contributed by atoms with van der Waals surface area (Å²) in [4.78, 5) is 14.5. The predicted molar refractivity (Wildman–Crippen MR) is 92.7 cm³/mol. The third-order valence-corrected chi connectivity index (χ3v) is 4.51. The molecule has 128 valence electrons. The maximum absolute atomic E-state index is 12.3. The number of aryl methyl sites for hydroxylation is 1. The molecule has 2 unspecified atom stereocenters. The van der Waals surface area contributed by atoms with Gasteiger partial charge in [-0.15, -0.1) is 0 Å². The average molecular weight is 328 g/mol. The number of aliphatic hydroxyl groups is 1. The first-order valence-electron chi connectivity index (χ1n) is 8.44. The van der Waals surface area contributed by atoms with Gasteiger partial charge in [0.1, 0.15) is 11.9 Å². The quantitative estimate of drug-likeness (QED) is 0.855. The van der Waals surface area contributed by atoms with Crippen LogP contribution in [-0.4, -0.2) is 35.0 Å². The summed E-state index contributed by atoms with van der Waals surface area (Å²) in [5.41, 5.74) is 1.94. The Labute approximate surface area is 142 Å². The van der Waals surface area contributed by atoms with E-state index in [9.17, 15) is 9.90 Å². The summed E-state index contributed by atoms with van der Waals surface area (Å²) < 4.78 is 5.26. The van der Waals surface area contributed by atoms with Crippen LogP contribution >= 0.6 is 0 Å². The van der Waals surface area contributed by atoms with Gasteiger partial charge in [0.25, 0.3) is 0 Å². The molecule has 2 aromatic rings. The molecule has 2 heterocycles. The van der Waals surface area contributed by atoms with Gasteiger partial charge in [-0.2, -0.15) is 0 Å². The zero-order valence-electron chi connectivity index (χ0n) is 13.9. The molecule has 2 N–H and O–H groups in total. The van der Waals surface area contributed by atoms with E-state index in [-0.39, 0.29) is 11.9 Å². The second-order valence-electron chi connectivity index (χ2n) is 6.45. The number of amides is 1. The molecule has 1 aliphatic rings. The molecule has 1 fully saturated rings. The number of furan rings is 1. The Morgan fingerprint density at radius 2 is 2.29 bits per heavy atom. The van der Waals surface area contributed by atoms with Crippen molar-refractivity contribution in [2.75, 3.05) is 18.4 Å². The molecule has 1 aromatic carbocycles. The first kappa shape index (κ1) is 16.7. The highest BCUT2D eigenvalue weighted by molar-refractivity contribution is 5.92. The molecule has 1 aromatic heterocycles. The molecular formula is C19H24N2O3. The van der Waals surface area contributed by atoms with Crippen LogP contribution in [0, 0.1) is 6.92 Å². The van der Waals surface area contributed by atoms with Crippen molar-refractivity contribution in [3.8, 4) is 0 Å². The molecule has 0 saturated carbocycles. The smallest absolute Gasteiger partial charge is 0.238 e. The van der Waals surface area contributed by atoms with E-state index in [4.69, 9.17) is 4.42 Å². The van der Waals surface area contributed by atoms with Crippen LogP contribution in [0.3, 0.4) is 0 Å². The molecule has 0 spiro atoms. The second kappa shape index (κ2) is 7.64. The van der Waals surface area contributed by atoms with Crippen molar-refractivity contribution in [3.05, 3.63) is 54.0 Å². The molecule has 1 aliphatic heterocycles. The van der Waals surface area contributed by atoms with Crippen molar-refractivity contribution in [3.63, 3.8) is 0 Å². The number of hydrogen-bond donors (Lipinski definition) is 2. The van der Waals surface area contributed by atoms with Crippen LogP contribution in [-0.2, 0) is 4.79 Å². The number of aliphatic hydroxyl groups excluding tert-OH is 1. The molecular weight excluding hydrogens is 304 g/mol. The van der Waals surface area contributed by atoms with Crippen LogP contribution in [0.5, 0.6) is 0 Å². The first-order valence-corrected chi connectivity index (χ1v) is 8.44. The molecule has 2 atom stereocenters. The van der Waals surface area contributed by atoms with Gasteiger partial charge in [0, 0.05) is 11.7 Å². The Morgan fingerprint density at radius 3 is 3.04 bits per heavy atom. The maximum atomic E-state index is 12.3. The molecule has 3 rings (SSSR count). The standard InChI is InChI=1S/C19H24N2O3/c1-14-5-2-6-15(11-14)20-19(23)13-21-9-3-7-16(21)12-17(22)18-8-4-10-24-18/h2,4-6,8,10-11,16-17,22H,3,7,9,12-13H2,1H3,(H,20,23). The number of nitrogens with one attached hydrogen (secondary N) is 1. The Kier molecular flexibility index (Phi) is 5.33. The fraction of sp³-hybridized carbons (Fsp3) is 0.421. The molecule has 0 bridgehead atoms. The minimum Gasteiger partial charge on any atom is -0.467 e. The van der Waals surface area contributed by atoms with Crippen molar-refractivity contribution in [2.45, 2.75) is 38.3 Å². The first-order chi connectivity index (χ1) is 11.6. The number of benzene rings is 1. The third-order valence-electron chi connectivity index (χ3n) is 4.51. The Morgan fingerprint density at radius 1 is 1.42 bits per heavy atom. The Bertz CT molecular complexity index is 669. The highest BCUT2D eigenvalue weighted by atomic mass is 16.4. The SMILES string of the molecule is Cc1cccc(NC(=O)CN2CCCC2CC(O)c2ccco2)c1. The zero-order valence-corrected chi connectivity index (χ0v) is 13.9. The van der Waals surface area contributed by atoms with E-state index in [1.54, 1.807) is 18.4 Å². The van der Waals surface area contributed by atoms with Crippen LogP contribution in [0.4, 0.5) is 5.69 Å². The van der Waals surface area contributed by atoms with Crippen LogP contribution in [0.2, 0.25) is 0 Å². The number of nitrogens with zero attached hydrogens (tertiary/aromatic N) is 1. The molecule has 1 amide bonds. The highest BCUT2D eigenvalue weighted by Gasteiger charge is 2.29. The van der Waals surface area contributed by atoms with E-state index in [1.165, 1.54) is 0 Å². The summed E-state index contributed by atoms with van der Waals surface area (Å²) in [5, 5.41) is 13.2. The van der Waals surface area contributed by atoms with E-state index >= 15 is 0 Å². The Hall–Kier alpha value is -2.11. The maximum Gasteiger partial charge on any atom is 0.238 e. The summed E-state index contributed by atoms with van der Waals surface area (Å²) in [6.45, 7) is 3.24. The molecule has 1 saturated heterocycles. The number of anilines is 1. The number of carbonyl (C=O) groups excluding carboxylic acids is 1. The predicted octanol–water partition coefficient (Wildman–Crippen LogP) is 3.11. The summed E-state index contributed by atoms with van der Waals surface area (Å²) >= 11 is 0. The number of likely N-dealkylation sites (tertiary alicyclic amines) is 1. The van der Waals surface area contributed by atoms with Crippen molar-refractivity contribution < 1.29 is 14.3 Å². The van der Waals surface area contributed by atoms with Crippen molar-refractivity contribution in [2.24, 2.45) is 0 Å². The molecule has 5 nitrogen and oxygen atoms in total. The average Bonchev–Trinajstić information content (AvgIpc) is 3.19. The van der Waals surface area contributed by atoms with Gasteiger partial charge in [0.15, 0.2) is 0 Å². The van der Waals surface area contributed by atoms with E-state index in [0.29, 0.717) is 18.7 Å². The lowest BCUT2D eigenvalue weighted by molar-refractivity contribution is -0.117. The summed E-state index contributed by atoms with van der Waals surface area (Å²) in [5.74, 6) is 0.575. The van der Waals surface area contributed by atoms with Crippen molar-refractivity contribution >= 4 is 11.6 Å². The highest BCUT2D eigenvalue weighted by Crippen LogP contribution is 2.27. The van der Waals surface area contributed by atoms with Gasteiger partial charge in [-0.25, -0.2) is 0 Å². The third kappa shape index (κ3) is 4.24. The van der Waals surface area contributed by atoms with E-state index in [2.05, 4.69) is 10.2 Å². The minimum atomic E-state index is -0.620. The van der Waals surface area contributed by atoms with E-state index in [0.717, 1.165) is 30.6 Å². The van der Waals surface area contributed by atoms with Gasteiger partial charge in [-0.05, 0) is 62.6 Å². The summed E-state index contributed by atoms with van der Waals surface area (Å²) in [6.07, 6.45) is 3.58. The summed E-state index contributed by atoms with van der Waals surface area (Å²) in [7, 11) is 0. The van der Waals surface area contributed by atoms with Gasteiger partial charge in [-0.1, -0.05) is 12.1 Å². The van der Waals surface area contributed by atoms with Gasteiger partial charge >= 0.3 is 0 Å². The van der Waals surface area contributed by atoms with E-state index in [1.807, 2.05) is 31.2 Å². The molecule has 0 radical (unpaired) electrons. The van der Waals surface area contributed by atoms with Gasteiger partial charge in [-0.3, -0.25) is 9.69 Å². The lowest BCUT2D eigenvalue weighted by Crippen LogP contribution is -2.37. The van der Waals surface area contributed by atoms with Crippen LogP contribution in [0.15, 0.2) is 47.1 Å². The van der Waals surface area contributed by atoms with Crippen LogP contribution in [0.1, 0.15) is 36.7 Å². The number of rotatable bonds is 6. The van der Waals surface area contributed by atoms with Gasteiger partial charge in [0.05, 0.1) is 12.8 Å². The van der Waals surface area contributed by atoms with Gasteiger partial charge in [0.2, 0.25) is 5.91 Å². The lowest BCUT2D eigenvalue weighted by atomic mass is 10.1. The normalized spacial score (nSPS) is 19.3. The lowest BCUT2D eigenvalue weighted by Gasteiger charge is -2.25. The monoisotopic (exact) mass is 328 g/mol. The van der Waals surface area contributed by atoms with E-state index < -0.39 is 6.10 Å². The molecule has 24 heavy (non-hydrogen) atoms. The molecule has 0 aliphatic carbocycles. The summed E-state index contributed by atoms with van der Waals surface area (Å²) in [6, 6.07) is 11.6. The number of hydrogen-bond acceptors (Lipinski definition) is 4. The van der Waals surface area contributed by atoms with Crippen LogP contribution < -0.4 is 5.32 Å². The largest absolute Gasteiger partial charge is 0.467 e. The van der Waals surface area contributed by atoms with Crippen molar-refractivity contribution in [1.29, 1.82) is 0 Å². The topological polar surface area (TPSA) is 65.7 Å². The van der Waals surface area contributed by atoms with Crippen molar-refractivity contribution in [1.82, 2.24) is 4.90 Å². The van der Waals surface area contributed by atoms with Crippen LogP contribution in [0.25, 0.3) is 0 Å². The zero-order chi connectivity index (χ0) is 16.9. The fourth-order valence-electron chi connectivity index (χ4n) is 3.33. The van der Waals surface area contributed by atoms with Gasteiger partial charge < -0.3 is 14.8 Å². The second-order valence-corrected chi connectivity index (χ2v) is 6.45.